The number of Topliss-reactive ketones (excluding diaryl/α,β-unsaturated/α-hetero) is 1. The number of hydrogen-bond donors (Lipinski definition) is 1. The van der Waals surface area contributed by atoms with Crippen LogP contribution in [0.15, 0.2) is 65.9 Å². The van der Waals surface area contributed by atoms with Crippen LogP contribution in [0.4, 0.5) is 5.69 Å². The molecule has 3 rings (SSSR count). The minimum atomic E-state index is -0.608. The predicted molar refractivity (Wildman–Crippen MR) is 88.2 cm³/mol. The van der Waals surface area contributed by atoms with Crippen molar-refractivity contribution in [2.24, 2.45) is 0 Å². The molecule has 0 aromatic heterocycles. The first kappa shape index (κ1) is 15.0. The Balaban J connectivity index is 2.19. The molecule has 4 nitrogen and oxygen atoms in total. The van der Waals surface area contributed by atoms with E-state index in [1.54, 1.807) is 6.07 Å². The number of amides is 1. The summed E-state index contributed by atoms with van der Waals surface area (Å²) in [5.41, 5.74) is 2.59. The van der Waals surface area contributed by atoms with Crippen LogP contribution in [0.5, 0.6) is 0 Å². The molecule has 0 bridgehead atoms. The number of aryl methyl sites for hydroxylation is 1. The first-order valence-electron chi connectivity index (χ1n) is 7.40. The van der Waals surface area contributed by atoms with Gasteiger partial charge in [-0.05, 0) is 37.1 Å². The lowest BCUT2D eigenvalue weighted by atomic mass is 9.96. The van der Waals surface area contributed by atoms with Crippen molar-refractivity contribution >= 4 is 17.4 Å². The van der Waals surface area contributed by atoms with Gasteiger partial charge in [-0.3, -0.25) is 14.5 Å². The summed E-state index contributed by atoms with van der Waals surface area (Å²) < 4.78 is 0. The molecule has 1 amide bonds. The van der Waals surface area contributed by atoms with Crippen LogP contribution < -0.4 is 4.90 Å². The Morgan fingerprint density at radius 1 is 1.09 bits per heavy atom. The Bertz CT molecular complexity index is 808. The number of hydrogen-bond acceptors (Lipinski definition) is 3. The zero-order valence-corrected chi connectivity index (χ0v) is 13.0. The fraction of sp³-hybridized carbons (Fsp3) is 0.158. The number of aliphatic hydroxyl groups excluding tert-OH is 1. The van der Waals surface area contributed by atoms with Gasteiger partial charge in [-0.15, -0.1) is 0 Å². The van der Waals surface area contributed by atoms with Crippen LogP contribution in [-0.4, -0.2) is 16.8 Å². The highest BCUT2D eigenvalue weighted by atomic mass is 16.3. The molecule has 4 heteroatoms. The van der Waals surface area contributed by atoms with Crippen LogP contribution >= 0.6 is 0 Å². The van der Waals surface area contributed by atoms with E-state index in [0.717, 1.165) is 11.1 Å². The number of ketones is 1. The second-order valence-electron chi connectivity index (χ2n) is 5.65. The Kier molecular flexibility index (Phi) is 3.74. The van der Waals surface area contributed by atoms with E-state index in [4.69, 9.17) is 0 Å². The Hall–Kier alpha value is -2.88. The number of aliphatic hydroxyl groups is 1. The van der Waals surface area contributed by atoms with Gasteiger partial charge in [0.15, 0.2) is 11.5 Å². The highest BCUT2D eigenvalue weighted by Gasteiger charge is 2.43. The van der Waals surface area contributed by atoms with E-state index in [0.29, 0.717) is 5.69 Å². The maximum atomic E-state index is 12.6. The number of rotatable bonds is 3. The summed E-state index contributed by atoms with van der Waals surface area (Å²) in [6.07, 6.45) is 0. The van der Waals surface area contributed by atoms with Gasteiger partial charge in [0.05, 0.1) is 11.6 Å². The van der Waals surface area contributed by atoms with E-state index >= 15 is 0 Å². The van der Waals surface area contributed by atoms with Crippen LogP contribution in [0.1, 0.15) is 24.1 Å². The van der Waals surface area contributed by atoms with Gasteiger partial charge in [-0.25, -0.2) is 0 Å². The number of carbonyl (C=O) groups excluding carboxylic acids is 2. The molecule has 0 fully saturated rings. The molecular weight excluding hydrogens is 290 g/mol. The van der Waals surface area contributed by atoms with Gasteiger partial charge in [-0.2, -0.15) is 0 Å². The molecule has 2 aromatic carbocycles. The van der Waals surface area contributed by atoms with Gasteiger partial charge in [0.2, 0.25) is 0 Å². The van der Waals surface area contributed by atoms with E-state index in [1.807, 2.05) is 55.5 Å². The Morgan fingerprint density at radius 2 is 1.78 bits per heavy atom. The van der Waals surface area contributed by atoms with Crippen molar-refractivity contribution in [1.82, 2.24) is 0 Å². The second kappa shape index (κ2) is 5.72. The molecule has 1 heterocycles. The van der Waals surface area contributed by atoms with Gasteiger partial charge >= 0.3 is 0 Å². The van der Waals surface area contributed by atoms with Gasteiger partial charge in [0.25, 0.3) is 5.91 Å². The van der Waals surface area contributed by atoms with Gasteiger partial charge in [0.1, 0.15) is 0 Å². The van der Waals surface area contributed by atoms with E-state index < -0.39 is 17.7 Å². The molecule has 0 unspecified atom stereocenters. The third-order valence-corrected chi connectivity index (χ3v) is 3.98. The van der Waals surface area contributed by atoms with Crippen molar-refractivity contribution in [3.8, 4) is 0 Å². The van der Waals surface area contributed by atoms with Crippen LogP contribution in [0.3, 0.4) is 0 Å². The molecule has 1 atom stereocenters. The van der Waals surface area contributed by atoms with Gasteiger partial charge in [-0.1, -0.05) is 42.5 Å². The summed E-state index contributed by atoms with van der Waals surface area (Å²) in [5.74, 6) is -1.32. The fourth-order valence-electron chi connectivity index (χ4n) is 2.96. The molecule has 0 radical (unpaired) electrons. The monoisotopic (exact) mass is 307 g/mol. The number of carbonyl (C=O) groups is 2. The molecule has 0 spiro atoms. The van der Waals surface area contributed by atoms with E-state index in [1.165, 1.54) is 11.8 Å². The molecular formula is C19H17NO3. The number of nitrogens with zero attached hydrogens (tertiary/aromatic N) is 1. The molecule has 1 N–H and O–H groups in total. The zero-order chi connectivity index (χ0) is 16.6. The average Bonchev–Trinajstić information content (AvgIpc) is 2.80. The first-order chi connectivity index (χ1) is 11.0. The number of anilines is 1. The molecule has 1 aliphatic heterocycles. The summed E-state index contributed by atoms with van der Waals surface area (Å²) in [7, 11) is 0. The van der Waals surface area contributed by atoms with Crippen molar-refractivity contribution in [3.63, 3.8) is 0 Å². The molecule has 23 heavy (non-hydrogen) atoms. The summed E-state index contributed by atoms with van der Waals surface area (Å²) >= 11 is 0. The largest absolute Gasteiger partial charge is 0.503 e. The minimum Gasteiger partial charge on any atom is -0.503 e. The van der Waals surface area contributed by atoms with Crippen LogP contribution in [0, 0.1) is 6.92 Å². The number of benzene rings is 2. The molecule has 116 valence electrons. The zero-order valence-electron chi connectivity index (χ0n) is 13.0. The molecule has 1 aliphatic rings. The first-order valence-corrected chi connectivity index (χ1v) is 7.40. The Labute approximate surface area is 134 Å². The predicted octanol–water partition coefficient (Wildman–Crippen LogP) is 3.48. The summed E-state index contributed by atoms with van der Waals surface area (Å²) in [5, 5.41) is 10.2. The summed E-state index contributed by atoms with van der Waals surface area (Å²) in [4.78, 5) is 26.1. The van der Waals surface area contributed by atoms with Crippen LogP contribution in [0.2, 0.25) is 0 Å². The average molecular weight is 307 g/mol. The third-order valence-electron chi connectivity index (χ3n) is 3.98. The highest BCUT2D eigenvalue weighted by Crippen LogP contribution is 2.40. The lowest BCUT2D eigenvalue weighted by Crippen LogP contribution is -2.30. The summed E-state index contributed by atoms with van der Waals surface area (Å²) in [6.45, 7) is 3.30. The van der Waals surface area contributed by atoms with E-state index in [2.05, 4.69) is 0 Å². The normalized spacial score (nSPS) is 17.7. The minimum absolute atomic E-state index is 0.141. The van der Waals surface area contributed by atoms with Gasteiger partial charge < -0.3 is 5.11 Å². The summed E-state index contributed by atoms with van der Waals surface area (Å²) in [6, 6.07) is 16.1. The maximum Gasteiger partial charge on any atom is 0.294 e. The van der Waals surface area contributed by atoms with Gasteiger partial charge in [0, 0.05) is 5.69 Å². The molecule has 2 aromatic rings. The lowest BCUT2D eigenvalue weighted by Gasteiger charge is -2.27. The highest BCUT2D eigenvalue weighted by molar-refractivity contribution is 6.16. The smallest absolute Gasteiger partial charge is 0.294 e. The van der Waals surface area contributed by atoms with E-state index in [9.17, 15) is 14.7 Å². The van der Waals surface area contributed by atoms with Crippen molar-refractivity contribution in [2.75, 3.05) is 4.90 Å². The lowest BCUT2D eigenvalue weighted by molar-refractivity contribution is -0.117. The van der Waals surface area contributed by atoms with Crippen molar-refractivity contribution in [3.05, 3.63) is 77.1 Å². The standard InChI is InChI=1S/C19H17NO3/c1-12-7-6-10-15(11-12)20-17(14-8-4-3-5-9-14)16(13(2)21)18(22)19(20)23/h3-11,17,22H,1-2H3/t17-/m1/s1. The van der Waals surface area contributed by atoms with Crippen molar-refractivity contribution in [2.45, 2.75) is 19.9 Å². The quantitative estimate of drug-likeness (QED) is 0.944. The van der Waals surface area contributed by atoms with Crippen LogP contribution in [0.25, 0.3) is 0 Å². The molecule has 0 saturated carbocycles. The van der Waals surface area contributed by atoms with Crippen LogP contribution in [-0.2, 0) is 9.59 Å². The van der Waals surface area contributed by atoms with E-state index in [-0.39, 0.29) is 11.4 Å². The third kappa shape index (κ3) is 2.52. The second-order valence-corrected chi connectivity index (χ2v) is 5.65. The molecule has 0 aliphatic carbocycles. The SMILES string of the molecule is CC(=O)C1=C(O)C(=O)N(c2cccc(C)c2)[C@@H]1c1ccccc1. The topological polar surface area (TPSA) is 57.6 Å². The maximum absolute atomic E-state index is 12.6. The van der Waals surface area contributed by atoms with Crippen molar-refractivity contribution < 1.29 is 14.7 Å². The van der Waals surface area contributed by atoms with Crippen molar-refractivity contribution in [1.29, 1.82) is 0 Å². The fourth-order valence-corrected chi connectivity index (χ4v) is 2.96. The molecule has 0 saturated heterocycles. The Morgan fingerprint density at radius 3 is 2.39 bits per heavy atom.